The van der Waals surface area contributed by atoms with E-state index in [1.165, 1.54) is 19.4 Å². The minimum Gasteiger partial charge on any atom is -0.492 e. The highest BCUT2D eigenvalue weighted by Crippen LogP contribution is 2.67. The van der Waals surface area contributed by atoms with Crippen LogP contribution in [0.3, 0.4) is 0 Å². The van der Waals surface area contributed by atoms with Gasteiger partial charge in [-0.05, 0) is 119 Å². The largest absolute Gasteiger partial charge is 0.519 e. The zero-order valence-corrected chi connectivity index (χ0v) is 36.5. The number of hydrogen-bond donors (Lipinski definition) is 2. The number of fused-ring (bicyclic) bond motifs is 7. The smallest absolute Gasteiger partial charge is 0.492 e. The van der Waals surface area contributed by atoms with Crippen LogP contribution in [0.15, 0.2) is 42.3 Å². The number of rotatable bonds is 10. The van der Waals surface area contributed by atoms with E-state index in [9.17, 15) is 34.2 Å². The van der Waals surface area contributed by atoms with Gasteiger partial charge in [0.05, 0.1) is 37.1 Å². The number of benzene rings is 1. The molecule has 15 heteroatoms. The molecular formula is C48H57FN3O11. The lowest BCUT2D eigenvalue weighted by atomic mass is 9.45. The molecule has 3 unspecified atom stereocenters. The van der Waals surface area contributed by atoms with E-state index in [4.69, 9.17) is 18.3 Å². The zero-order valence-electron chi connectivity index (χ0n) is 36.5. The number of aromatic nitrogens is 1. The van der Waals surface area contributed by atoms with Gasteiger partial charge in [0.1, 0.15) is 29.2 Å². The second kappa shape index (κ2) is 15.3. The lowest BCUT2D eigenvalue weighted by molar-refractivity contribution is -0.178. The van der Waals surface area contributed by atoms with Crippen LogP contribution in [0.5, 0.6) is 5.75 Å². The van der Waals surface area contributed by atoms with Crippen LogP contribution in [0.1, 0.15) is 112 Å². The summed E-state index contributed by atoms with van der Waals surface area (Å²) >= 11 is 0. The number of esters is 1. The number of aliphatic hydroxyl groups excluding tert-OH is 1. The summed E-state index contributed by atoms with van der Waals surface area (Å²) in [5.74, 6) is -1.51. The molecule has 2 aliphatic heterocycles. The van der Waals surface area contributed by atoms with Gasteiger partial charge < -0.3 is 38.0 Å². The maximum atomic E-state index is 16.5. The van der Waals surface area contributed by atoms with Crippen LogP contribution in [0, 0.1) is 53.7 Å². The Balaban J connectivity index is 0.863. The number of allylic oxidation sites excluding steroid dienone is 1. The van der Waals surface area contributed by atoms with Crippen molar-refractivity contribution in [1.82, 2.24) is 9.47 Å². The Bertz CT molecular complexity index is 2560. The van der Waals surface area contributed by atoms with Crippen LogP contribution in [-0.2, 0) is 20.9 Å². The third kappa shape index (κ3) is 6.60. The summed E-state index contributed by atoms with van der Waals surface area (Å²) in [5, 5.41) is 24.0. The number of halogens is 1. The number of Topliss-reactive ketones (excluding diaryl/α,β-unsaturated/α-hetero) is 1. The minimum atomic E-state index is -1.79. The minimum absolute atomic E-state index is 0.0185. The fraction of sp³-hybridized carbons (Fsp3) is 0.625. The van der Waals surface area contributed by atoms with Crippen molar-refractivity contribution in [2.45, 2.75) is 122 Å². The normalized spacial score (nSPS) is 34.0. The number of aryl methyl sites for hydroxylation is 1. The van der Waals surface area contributed by atoms with Crippen LogP contribution >= 0.6 is 0 Å². The van der Waals surface area contributed by atoms with Crippen LogP contribution in [0.25, 0.3) is 10.9 Å². The maximum Gasteiger partial charge on any atom is 0.519 e. The summed E-state index contributed by atoms with van der Waals surface area (Å²) in [6, 6.07) is 1.16. The van der Waals surface area contributed by atoms with Gasteiger partial charge in [-0.1, -0.05) is 19.4 Å². The number of ether oxygens (including phenoxy) is 2. The van der Waals surface area contributed by atoms with E-state index in [2.05, 4.69) is 11.8 Å². The van der Waals surface area contributed by atoms with E-state index >= 15 is 4.39 Å². The Kier molecular flexibility index (Phi) is 10.3. The van der Waals surface area contributed by atoms with Crippen molar-refractivity contribution < 1.29 is 47.3 Å². The number of ketones is 2. The number of likely N-dealkylation sites (tertiary alicyclic amines) is 1. The molecular weight excluding hydrogens is 814 g/mol. The molecule has 14 nitrogen and oxygen atoms in total. The van der Waals surface area contributed by atoms with Crippen molar-refractivity contribution in [3.05, 3.63) is 74.1 Å². The molecule has 2 saturated heterocycles. The van der Waals surface area contributed by atoms with Gasteiger partial charge >= 0.3 is 11.8 Å². The Morgan fingerprint density at radius 3 is 2.57 bits per heavy atom. The molecule has 0 bridgehead atoms. The summed E-state index contributed by atoms with van der Waals surface area (Å²) in [6.07, 6.45) is 10.8. The van der Waals surface area contributed by atoms with Crippen LogP contribution < -0.4 is 20.9 Å². The first-order valence-electron chi connectivity index (χ1n) is 22.8. The van der Waals surface area contributed by atoms with E-state index < -0.39 is 52.5 Å². The number of methoxy groups -OCH3 is 1. The van der Waals surface area contributed by atoms with Crippen LogP contribution in [0.4, 0.5) is 10.1 Å². The molecule has 0 amide bonds. The average Bonchev–Trinajstić information content (AvgIpc) is 3.83. The number of nitrogens with zero attached hydrogens (tertiary/aromatic N) is 3. The molecule has 2 aromatic heterocycles. The number of hydrogen-bond acceptors (Lipinski definition) is 13. The van der Waals surface area contributed by atoms with Crippen LogP contribution in [0.2, 0.25) is 0 Å². The molecule has 5 aliphatic carbocycles. The molecule has 4 saturated carbocycles. The van der Waals surface area contributed by atoms with Gasteiger partial charge in [-0.3, -0.25) is 19.3 Å². The van der Waals surface area contributed by atoms with E-state index in [0.717, 1.165) is 57.1 Å². The number of carbonyl (C=O) groups excluding carboxylic acids is 3. The van der Waals surface area contributed by atoms with Crippen molar-refractivity contribution in [1.29, 1.82) is 0 Å². The Morgan fingerprint density at radius 2 is 1.84 bits per heavy atom. The van der Waals surface area contributed by atoms with Gasteiger partial charge in [0, 0.05) is 43.2 Å². The predicted octanol–water partition coefficient (Wildman–Crippen LogP) is 5.60. The molecule has 4 heterocycles. The van der Waals surface area contributed by atoms with Gasteiger partial charge in [-0.2, -0.15) is 0 Å². The number of carbonyl (C=O) groups is 3. The summed E-state index contributed by atoms with van der Waals surface area (Å²) in [5.41, 5.74) is -2.29. The molecule has 1 aromatic carbocycles. The third-order valence-corrected chi connectivity index (χ3v) is 16.9. The molecule has 0 spiro atoms. The second-order valence-corrected chi connectivity index (χ2v) is 20.1. The van der Waals surface area contributed by atoms with Crippen molar-refractivity contribution in [3.63, 3.8) is 0 Å². The molecule has 3 aromatic rings. The first kappa shape index (κ1) is 42.4. The summed E-state index contributed by atoms with van der Waals surface area (Å²) in [7, 11) is 1.45. The third-order valence-electron chi connectivity index (χ3n) is 16.9. The number of pyridine rings is 1. The molecule has 1 radical (unpaired) electrons. The van der Waals surface area contributed by atoms with Gasteiger partial charge in [0.2, 0.25) is 5.43 Å². The number of anilines is 1. The maximum absolute atomic E-state index is 16.5. The fourth-order valence-corrected chi connectivity index (χ4v) is 13.6. The van der Waals surface area contributed by atoms with E-state index in [1.54, 1.807) is 13.0 Å². The highest BCUT2D eigenvalue weighted by Gasteiger charge is 2.68. The van der Waals surface area contributed by atoms with Crippen molar-refractivity contribution in [2.24, 2.45) is 34.5 Å². The Morgan fingerprint density at radius 1 is 1.05 bits per heavy atom. The molecule has 6 fully saturated rings. The van der Waals surface area contributed by atoms with Gasteiger partial charge in [0.25, 0.3) is 0 Å². The number of piperidine rings is 1. The van der Waals surface area contributed by atoms with Gasteiger partial charge in [-0.15, -0.1) is 0 Å². The molecule has 7 aliphatic rings. The molecule has 337 valence electrons. The highest BCUT2D eigenvalue weighted by atomic mass is 19.1. The van der Waals surface area contributed by atoms with Gasteiger partial charge in [-0.25, -0.2) is 14.0 Å². The quantitative estimate of drug-likeness (QED) is 0.241. The first-order valence-corrected chi connectivity index (χ1v) is 22.8. The van der Waals surface area contributed by atoms with Crippen molar-refractivity contribution in [3.8, 4) is 5.75 Å². The zero-order chi connectivity index (χ0) is 44.3. The predicted molar refractivity (Wildman–Crippen MR) is 227 cm³/mol. The molecule has 9 atom stereocenters. The van der Waals surface area contributed by atoms with E-state index in [0.29, 0.717) is 55.9 Å². The van der Waals surface area contributed by atoms with E-state index in [1.807, 2.05) is 16.4 Å². The number of aliphatic hydroxyl groups is 2. The Hall–Kier alpha value is -4.60. The van der Waals surface area contributed by atoms with Crippen molar-refractivity contribution in [2.75, 3.05) is 38.3 Å². The first-order chi connectivity index (χ1) is 30.1. The SMILES string of the molecule is COc1c(N2CC3CCCN(Cc4oc(=O)oc4C)C3C2)c(F)cc2c(=O)c(C(=O)OC[CH]C(=O)[C@]3(O)CC[C@@H]4[C@H]5CCC6=CC(=O)CC[C@@]6(C)C5[C@H](O)C[C@]43C)cn(C3CC3)c12. The molecule has 63 heavy (non-hydrogen) atoms. The topological polar surface area (TPSA) is 182 Å². The standard InChI is InChI=1S/C48H57FN3O11/c1-25-37(63-45(58)62-25)24-50-16-5-6-26-21-51(23-35(26)50)41-34(49)19-31-40(43(41)60-4)52(28-8-9-28)22-32(42(31)56)44(57)61-17-13-38(55)48(59)15-12-33-30-10-7-27-18-29(53)11-14-46(27,2)39(30)36(54)20-47(33,48)3/h13,18-19,22,26,28,30,33,35-36,39,54,59H,5-12,14-17,20-21,23-24H2,1-4H3/t26?,30-,33-,35?,36-,39?,46-,47-,48-/m1/s1. The molecule has 10 rings (SSSR count). The fourth-order valence-electron chi connectivity index (χ4n) is 13.6. The summed E-state index contributed by atoms with van der Waals surface area (Å²) in [4.78, 5) is 70.1. The molecule has 2 N–H and O–H groups in total. The van der Waals surface area contributed by atoms with Crippen molar-refractivity contribution >= 4 is 34.1 Å². The lowest BCUT2D eigenvalue weighted by Crippen LogP contribution is -2.61. The second-order valence-electron chi connectivity index (χ2n) is 20.1. The van der Waals surface area contributed by atoms with Gasteiger partial charge in [0.15, 0.2) is 28.9 Å². The highest BCUT2D eigenvalue weighted by molar-refractivity contribution is 5.99. The Labute approximate surface area is 364 Å². The van der Waals surface area contributed by atoms with E-state index in [-0.39, 0.29) is 82.2 Å². The average molecular weight is 871 g/mol. The van der Waals surface area contributed by atoms with Crippen LogP contribution in [-0.4, -0.2) is 88.3 Å². The summed E-state index contributed by atoms with van der Waals surface area (Å²) in [6.45, 7) is 7.47. The summed E-state index contributed by atoms with van der Waals surface area (Å²) < 4.78 is 40.3. The monoisotopic (exact) mass is 870 g/mol. The lowest BCUT2D eigenvalue weighted by Gasteiger charge is -2.60.